The Morgan fingerprint density at radius 2 is 2.00 bits per heavy atom. The number of hydrogen-bond donors (Lipinski definition) is 3. The second-order valence-corrected chi connectivity index (χ2v) is 7.89. The topological polar surface area (TPSA) is 122 Å². The maximum Gasteiger partial charge on any atom is 0.292 e. The standard InChI is InChI=1S/C20H20N6O3S/c27-19-17(13-5-4-8-16(11-13)29-15-6-2-1-3-7-15)30-10-9-14(22-19)12-21-20(28)18-23-25-26-24-18/h1-8,11,14,17H,9-10,12H2,(H,21,28)(H,22,27)(H,23,24,25,26)/t14-,17+/m0/s1. The van der Waals surface area contributed by atoms with E-state index in [0.29, 0.717) is 12.3 Å². The van der Waals surface area contributed by atoms with Crippen LogP contribution in [0, 0.1) is 0 Å². The van der Waals surface area contributed by atoms with Gasteiger partial charge >= 0.3 is 0 Å². The number of carbonyl (C=O) groups excluding carboxylic acids is 2. The molecule has 3 aromatic rings. The third kappa shape index (κ3) is 4.95. The molecule has 1 aliphatic rings. The van der Waals surface area contributed by atoms with Crippen molar-refractivity contribution >= 4 is 23.6 Å². The minimum Gasteiger partial charge on any atom is -0.457 e. The van der Waals surface area contributed by atoms with Gasteiger partial charge in [-0.1, -0.05) is 30.3 Å². The van der Waals surface area contributed by atoms with Crippen molar-refractivity contribution < 1.29 is 14.3 Å². The van der Waals surface area contributed by atoms with Crippen LogP contribution in [-0.2, 0) is 4.79 Å². The predicted octanol–water partition coefficient (Wildman–Crippen LogP) is 2.08. The number of rotatable bonds is 6. The molecule has 2 aromatic carbocycles. The van der Waals surface area contributed by atoms with Crippen molar-refractivity contribution in [3.8, 4) is 11.5 Å². The molecule has 1 saturated heterocycles. The van der Waals surface area contributed by atoms with E-state index in [1.807, 2.05) is 54.6 Å². The Morgan fingerprint density at radius 1 is 1.17 bits per heavy atom. The summed E-state index contributed by atoms with van der Waals surface area (Å²) < 4.78 is 5.89. The van der Waals surface area contributed by atoms with Crippen molar-refractivity contribution in [3.05, 3.63) is 66.0 Å². The van der Waals surface area contributed by atoms with Crippen molar-refractivity contribution in [3.63, 3.8) is 0 Å². The van der Waals surface area contributed by atoms with Crippen LogP contribution in [-0.4, -0.2) is 50.8 Å². The van der Waals surface area contributed by atoms with Gasteiger partial charge < -0.3 is 15.4 Å². The van der Waals surface area contributed by atoms with Crippen molar-refractivity contribution in [2.45, 2.75) is 17.7 Å². The molecule has 9 nitrogen and oxygen atoms in total. The van der Waals surface area contributed by atoms with E-state index in [1.54, 1.807) is 11.8 Å². The van der Waals surface area contributed by atoms with Gasteiger partial charge in [0.05, 0.1) is 0 Å². The van der Waals surface area contributed by atoms with Gasteiger partial charge in [-0.25, -0.2) is 0 Å². The first kappa shape index (κ1) is 19.9. The third-order valence-electron chi connectivity index (χ3n) is 4.53. The lowest BCUT2D eigenvalue weighted by Gasteiger charge is -2.18. The number of nitrogens with one attached hydrogen (secondary N) is 3. The predicted molar refractivity (Wildman–Crippen MR) is 111 cm³/mol. The molecule has 0 unspecified atom stereocenters. The summed E-state index contributed by atoms with van der Waals surface area (Å²) in [6.07, 6.45) is 0.736. The maximum absolute atomic E-state index is 12.8. The Hall–Kier alpha value is -3.40. The van der Waals surface area contributed by atoms with Gasteiger partial charge in [0.1, 0.15) is 16.7 Å². The Balaban J connectivity index is 1.38. The lowest BCUT2D eigenvalue weighted by atomic mass is 10.1. The zero-order valence-electron chi connectivity index (χ0n) is 15.9. The van der Waals surface area contributed by atoms with Crippen molar-refractivity contribution in [1.82, 2.24) is 31.3 Å². The molecular weight excluding hydrogens is 404 g/mol. The smallest absolute Gasteiger partial charge is 0.292 e. The number of aromatic nitrogens is 4. The lowest BCUT2D eigenvalue weighted by molar-refractivity contribution is -0.121. The Bertz CT molecular complexity index is 999. The minimum absolute atomic E-state index is 0.0302. The number of amides is 2. The summed E-state index contributed by atoms with van der Waals surface area (Å²) >= 11 is 1.58. The van der Waals surface area contributed by atoms with E-state index in [-0.39, 0.29) is 23.0 Å². The number of aromatic amines is 1. The van der Waals surface area contributed by atoms with E-state index >= 15 is 0 Å². The summed E-state index contributed by atoms with van der Waals surface area (Å²) in [6, 6.07) is 16.9. The molecular formula is C20H20N6O3S. The van der Waals surface area contributed by atoms with Crippen LogP contribution in [0.4, 0.5) is 0 Å². The number of carbonyl (C=O) groups is 2. The van der Waals surface area contributed by atoms with Crippen LogP contribution in [0.15, 0.2) is 54.6 Å². The normalized spacial score (nSPS) is 18.9. The van der Waals surface area contributed by atoms with Crippen LogP contribution in [0.3, 0.4) is 0 Å². The highest BCUT2D eigenvalue weighted by molar-refractivity contribution is 8.00. The van der Waals surface area contributed by atoms with Crippen LogP contribution >= 0.6 is 11.8 Å². The highest BCUT2D eigenvalue weighted by Crippen LogP contribution is 2.34. The first-order chi connectivity index (χ1) is 14.7. The van der Waals surface area contributed by atoms with Gasteiger partial charge in [0, 0.05) is 12.6 Å². The maximum atomic E-state index is 12.8. The number of nitrogens with zero attached hydrogens (tertiary/aromatic N) is 3. The highest BCUT2D eigenvalue weighted by Gasteiger charge is 2.28. The molecule has 2 heterocycles. The fourth-order valence-electron chi connectivity index (χ4n) is 3.07. The van der Waals surface area contributed by atoms with Crippen LogP contribution in [0.25, 0.3) is 0 Å². The summed E-state index contributed by atoms with van der Waals surface area (Å²) in [6.45, 7) is 0.295. The molecule has 0 bridgehead atoms. The molecule has 0 aliphatic carbocycles. The Morgan fingerprint density at radius 3 is 2.80 bits per heavy atom. The average molecular weight is 424 g/mol. The highest BCUT2D eigenvalue weighted by atomic mass is 32.2. The number of thioether (sulfide) groups is 1. The van der Waals surface area contributed by atoms with Crippen LogP contribution in [0.1, 0.15) is 27.9 Å². The third-order valence-corrected chi connectivity index (χ3v) is 5.82. The molecule has 1 aromatic heterocycles. The molecule has 2 amide bonds. The first-order valence-corrected chi connectivity index (χ1v) is 10.5. The number of benzene rings is 2. The second kappa shape index (κ2) is 9.40. The summed E-state index contributed by atoms with van der Waals surface area (Å²) in [5.41, 5.74) is 0.877. The molecule has 2 atom stereocenters. The monoisotopic (exact) mass is 424 g/mol. The van der Waals surface area contributed by atoms with Gasteiger partial charge in [0.15, 0.2) is 0 Å². The summed E-state index contributed by atoms with van der Waals surface area (Å²) in [5.74, 6) is 1.64. The summed E-state index contributed by atoms with van der Waals surface area (Å²) in [4.78, 5) is 24.8. The molecule has 0 spiro atoms. The van der Waals surface area contributed by atoms with Gasteiger partial charge in [0.25, 0.3) is 11.7 Å². The molecule has 30 heavy (non-hydrogen) atoms. The fourth-order valence-corrected chi connectivity index (χ4v) is 4.29. The van der Waals surface area contributed by atoms with Gasteiger partial charge in [0.2, 0.25) is 5.91 Å². The van der Waals surface area contributed by atoms with Crippen LogP contribution in [0.5, 0.6) is 11.5 Å². The van der Waals surface area contributed by atoms with E-state index < -0.39 is 5.91 Å². The molecule has 0 radical (unpaired) electrons. The van der Waals surface area contributed by atoms with Gasteiger partial charge in [-0.05, 0) is 47.2 Å². The van der Waals surface area contributed by atoms with Gasteiger partial charge in [-0.15, -0.1) is 22.0 Å². The summed E-state index contributed by atoms with van der Waals surface area (Å²) in [5, 5.41) is 18.3. The SMILES string of the molecule is O=C(NC[C@@H]1CCS[C@H](c2cccc(Oc3ccccc3)c2)C(=O)N1)c1nn[nH]n1. The number of para-hydroxylation sites is 1. The molecule has 154 valence electrons. The molecule has 1 aliphatic heterocycles. The van der Waals surface area contributed by atoms with Crippen LogP contribution in [0.2, 0.25) is 0 Å². The Labute approximate surface area is 177 Å². The second-order valence-electron chi connectivity index (χ2n) is 6.68. The van der Waals surface area contributed by atoms with Gasteiger partial charge in [-0.2, -0.15) is 5.21 Å². The van der Waals surface area contributed by atoms with E-state index in [9.17, 15) is 9.59 Å². The number of H-pyrrole nitrogens is 1. The fraction of sp³-hybridized carbons (Fsp3) is 0.250. The Kier molecular flexibility index (Phi) is 6.23. The zero-order valence-corrected chi connectivity index (χ0v) is 16.8. The molecule has 0 saturated carbocycles. The van der Waals surface area contributed by atoms with Crippen LogP contribution < -0.4 is 15.4 Å². The molecule has 1 fully saturated rings. The van der Waals surface area contributed by atoms with E-state index in [0.717, 1.165) is 23.5 Å². The van der Waals surface area contributed by atoms with E-state index in [2.05, 4.69) is 31.3 Å². The van der Waals surface area contributed by atoms with E-state index in [4.69, 9.17) is 4.74 Å². The van der Waals surface area contributed by atoms with E-state index in [1.165, 1.54) is 0 Å². The number of tetrazole rings is 1. The minimum atomic E-state index is -0.433. The quantitative estimate of drug-likeness (QED) is 0.554. The first-order valence-electron chi connectivity index (χ1n) is 9.45. The molecule has 4 rings (SSSR count). The average Bonchev–Trinajstić information content (AvgIpc) is 3.24. The van der Waals surface area contributed by atoms with Crippen molar-refractivity contribution in [1.29, 1.82) is 0 Å². The largest absolute Gasteiger partial charge is 0.457 e. The molecule has 3 N–H and O–H groups in total. The molecule has 10 heteroatoms. The summed E-state index contributed by atoms with van der Waals surface area (Å²) in [7, 11) is 0. The number of hydrogen-bond acceptors (Lipinski definition) is 7. The van der Waals surface area contributed by atoms with Crippen molar-refractivity contribution in [2.24, 2.45) is 0 Å². The number of ether oxygens (including phenoxy) is 1. The lowest BCUT2D eigenvalue weighted by Crippen LogP contribution is -2.44. The van der Waals surface area contributed by atoms with Crippen molar-refractivity contribution in [2.75, 3.05) is 12.3 Å². The zero-order chi connectivity index (χ0) is 20.8. The van der Waals surface area contributed by atoms with Gasteiger partial charge in [-0.3, -0.25) is 9.59 Å².